The monoisotopic (exact) mass is 314 g/mol. The van der Waals surface area contributed by atoms with Crippen LogP contribution in [0.3, 0.4) is 0 Å². The number of nitrogens with one attached hydrogen (secondary N) is 2. The molecular formula is C15H27ClN4O. The third-order valence-electron chi connectivity index (χ3n) is 3.35. The number of aromatic nitrogens is 2. The van der Waals surface area contributed by atoms with E-state index >= 15 is 0 Å². The van der Waals surface area contributed by atoms with E-state index in [9.17, 15) is 4.79 Å². The van der Waals surface area contributed by atoms with Gasteiger partial charge in [0.15, 0.2) is 0 Å². The van der Waals surface area contributed by atoms with Crippen LogP contribution in [0.5, 0.6) is 0 Å². The average molecular weight is 315 g/mol. The number of amides is 1. The van der Waals surface area contributed by atoms with Crippen molar-refractivity contribution in [1.29, 1.82) is 0 Å². The second kappa shape index (κ2) is 8.39. The minimum Gasteiger partial charge on any atom is -0.354 e. The van der Waals surface area contributed by atoms with Crippen molar-refractivity contribution in [2.24, 2.45) is 5.92 Å². The fraction of sp³-hybridized carbons (Fsp3) is 0.733. The quantitative estimate of drug-likeness (QED) is 0.774. The number of rotatable bonds is 8. The van der Waals surface area contributed by atoms with Gasteiger partial charge in [-0.05, 0) is 26.2 Å². The van der Waals surface area contributed by atoms with Crippen molar-refractivity contribution in [2.75, 3.05) is 6.54 Å². The van der Waals surface area contributed by atoms with E-state index in [0.29, 0.717) is 24.0 Å². The van der Waals surface area contributed by atoms with Crippen LogP contribution >= 0.6 is 11.6 Å². The third-order valence-corrected chi connectivity index (χ3v) is 3.78. The summed E-state index contributed by atoms with van der Waals surface area (Å²) in [5.74, 6) is 0.460. The summed E-state index contributed by atoms with van der Waals surface area (Å²) in [5, 5.41) is 11.3. The van der Waals surface area contributed by atoms with E-state index in [1.807, 2.05) is 25.5 Å². The molecule has 0 saturated heterocycles. The SMILES string of the molecule is CCc1nn(CC)c(CNC(C)C(=O)NCC(C)C)c1Cl. The van der Waals surface area contributed by atoms with Gasteiger partial charge < -0.3 is 10.6 Å². The van der Waals surface area contributed by atoms with E-state index in [1.54, 1.807) is 0 Å². The maximum atomic E-state index is 11.9. The van der Waals surface area contributed by atoms with Gasteiger partial charge in [-0.3, -0.25) is 9.48 Å². The summed E-state index contributed by atoms with van der Waals surface area (Å²) in [5.41, 5.74) is 1.85. The van der Waals surface area contributed by atoms with Crippen LogP contribution in [-0.4, -0.2) is 28.3 Å². The minimum absolute atomic E-state index is 0.0121. The van der Waals surface area contributed by atoms with Gasteiger partial charge in [0.2, 0.25) is 5.91 Å². The molecule has 0 spiro atoms. The fourth-order valence-corrected chi connectivity index (χ4v) is 2.32. The summed E-state index contributed by atoms with van der Waals surface area (Å²) >= 11 is 6.35. The lowest BCUT2D eigenvalue weighted by Gasteiger charge is -2.15. The van der Waals surface area contributed by atoms with Gasteiger partial charge in [0.1, 0.15) is 0 Å². The van der Waals surface area contributed by atoms with Crippen molar-refractivity contribution in [3.05, 3.63) is 16.4 Å². The Labute approximate surface area is 132 Å². The molecule has 21 heavy (non-hydrogen) atoms. The standard InChI is InChI=1S/C15H27ClN4O/c1-6-12-14(16)13(20(7-2)19-12)9-17-11(5)15(21)18-8-10(3)4/h10-11,17H,6-9H2,1-5H3,(H,18,21). The second-order valence-corrected chi connectivity index (χ2v) is 6.00. The molecule has 120 valence electrons. The Hall–Kier alpha value is -1.07. The molecule has 0 aliphatic rings. The van der Waals surface area contributed by atoms with Crippen LogP contribution in [0.2, 0.25) is 5.02 Å². The van der Waals surface area contributed by atoms with Crippen molar-refractivity contribution >= 4 is 17.5 Å². The average Bonchev–Trinajstić information content (AvgIpc) is 2.77. The van der Waals surface area contributed by atoms with E-state index in [2.05, 4.69) is 29.6 Å². The van der Waals surface area contributed by atoms with Crippen molar-refractivity contribution < 1.29 is 4.79 Å². The lowest BCUT2D eigenvalue weighted by molar-refractivity contribution is -0.122. The van der Waals surface area contributed by atoms with Gasteiger partial charge in [-0.1, -0.05) is 32.4 Å². The Kier molecular flexibility index (Phi) is 7.18. The maximum Gasteiger partial charge on any atom is 0.236 e. The zero-order valence-corrected chi connectivity index (χ0v) is 14.4. The molecule has 1 heterocycles. The normalized spacial score (nSPS) is 12.7. The van der Waals surface area contributed by atoms with Crippen molar-refractivity contribution in [1.82, 2.24) is 20.4 Å². The molecule has 5 nitrogen and oxygen atoms in total. The molecule has 0 aromatic carbocycles. The first-order chi connectivity index (χ1) is 9.90. The summed E-state index contributed by atoms with van der Waals surface area (Å²) in [6.07, 6.45) is 0.809. The Morgan fingerprint density at radius 3 is 2.52 bits per heavy atom. The number of halogens is 1. The molecular weight excluding hydrogens is 288 g/mol. The van der Waals surface area contributed by atoms with Gasteiger partial charge in [0.05, 0.1) is 22.5 Å². The third kappa shape index (κ3) is 5.00. The molecule has 1 amide bonds. The fourth-order valence-electron chi connectivity index (χ4n) is 1.99. The first-order valence-corrected chi connectivity index (χ1v) is 8.03. The van der Waals surface area contributed by atoms with Crippen LogP contribution in [0.1, 0.15) is 46.0 Å². The maximum absolute atomic E-state index is 11.9. The largest absolute Gasteiger partial charge is 0.354 e. The van der Waals surface area contributed by atoms with Crippen LogP contribution in [0.25, 0.3) is 0 Å². The molecule has 0 aliphatic heterocycles. The number of carbonyl (C=O) groups is 1. The number of nitrogens with zero attached hydrogens (tertiary/aromatic N) is 2. The Morgan fingerprint density at radius 1 is 1.33 bits per heavy atom. The van der Waals surface area contributed by atoms with E-state index in [1.165, 1.54) is 0 Å². The zero-order chi connectivity index (χ0) is 16.0. The molecule has 0 radical (unpaired) electrons. The van der Waals surface area contributed by atoms with Gasteiger partial charge >= 0.3 is 0 Å². The highest BCUT2D eigenvalue weighted by atomic mass is 35.5. The smallest absolute Gasteiger partial charge is 0.236 e. The first kappa shape index (κ1) is 18.0. The highest BCUT2D eigenvalue weighted by Gasteiger charge is 2.17. The van der Waals surface area contributed by atoms with Crippen LogP contribution in [-0.2, 0) is 24.3 Å². The predicted octanol–water partition coefficient (Wildman–Crippen LogP) is 2.37. The van der Waals surface area contributed by atoms with E-state index in [4.69, 9.17) is 11.6 Å². The first-order valence-electron chi connectivity index (χ1n) is 7.65. The molecule has 0 aliphatic carbocycles. The molecule has 0 bridgehead atoms. The molecule has 1 aromatic heterocycles. The van der Waals surface area contributed by atoms with Crippen LogP contribution in [0.15, 0.2) is 0 Å². The molecule has 1 unspecified atom stereocenters. The minimum atomic E-state index is -0.259. The predicted molar refractivity (Wildman–Crippen MR) is 86.4 cm³/mol. The molecule has 0 fully saturated rings. The van der Waals surface area contributed by atoms with Crippen LogP contribution < -0.4 is 10.6 Å². The topological polar surface area (TPSA) is 59.0 Å². The highest BCUT2D eigenvalue weighted by molar-refractivity contribution is 6.31. The summed E-state index contributed by atoms with van der Waals surface area (Å²) < 4.78 is 1.90. The number of hydrogen-bond donors (Lipinski definition) is 2. The lowest BCUT2D eigenvalue weighted by atomic mass is 10.2. The zero-order valence-electron chi connectivity index (χ0n) is 13.7. The Balaban J connectivity index is 2.62. The molecule has 1 aromatic rings. The number of carbonyl (C=O) groups excluding carboxylic acids is 1. The van der Waals surface area contributed by atoms with Crippen molar-refractivity contribution in [3.8, 4) is 0 Å². The van der Waals surface area contributed by atoms with Gasteiger partial charge in [-0.25, -0.2) is 0 Å². The van der Waals surface area contributed by atoms with Crippen LogP contribution in [0.4, 0.5) is 0 Å². The summed E-state index contributed by atoms with van der Waals surface area (Å²) in [6.45, 7) is 12.1. The van der Waals surface area contributed by atoms with E-state index in [-0.39, 0.29) is 11.9 Å². The van der Waals surface area contributed by atoms with Gasteiger partial charge in [-0.15, -0.1) is 0 Å². The summed E-state index contributed by atoms with van der Waals surface area (Å²) in [4.78, 5) is 11.9. The van der Waals surface area contributed by atoms with Gasteiger partial charge in [0.25, 0.3) is 0 Å². The van der Waals surface area contributed by atoms with Crippen molar-refractivity contribution in [3.63, 3.8) is 0 Å². The Bertz CT molecular complexity index is 470. The molecule has 2 N–H and O–H groups in total. The van der Waals surface area contributed by atoms with E-state index < -0.39 is 0 Å². The summed E-state index contributed by atoms with van der Waals surface area (Å²) in [6, 6.07) is -0.259. The van der Waals surface area contributed by atoms with Crippen LogP contribution in [0, 0.1) is 5.92 Å². The molecule has 0 saturated carbocycles. The Morgan fingerprint density at radius 2 is 2.00 bits per heavy atom. The molecule has 1 atom stereocenters. The number of aryl methyl sites for hydroxylation is 2. The highest BCUT2D eigenvalue weighted by Crippen LogP contribution is 2.21. The van der Waals surface area contributed by atoms with Gasteiger partial charge in [-0.2, -0.15) is 5.10 Å². The number of hydrogen-bond acceptors (Lipinski definition) is 3. The van der Waals surface area contributed by atoms with Gasteiger partial charge in [0, 0.05) is 19.6 Å². The second-order valence-electron chi connectivity index (χ2n) is 5.62. The van der Waals surface area contributed by atoms with E-state index in [0.717, 1.165) is 24.4 Å². The molecule has 1 rings (SSSR count). The molecule has 6 heteroatoms. The van der Waals surface area contributed by atoms with Crippen molar-refractivity contribution in [2.45, 2.75) is 60.2 Å². The summed E-state index contributed by atoms with van der Waals surface area (Å²) in [7, 11) is 0. The lowest BCUT2D eigenvalue weighted by Crippen LogP contribution is -2.43.